The average Bonchev–Trinajstić information content (AvgIpc) is 3.21. The van der Waals surface area contributed by atoms with Crippen LogP contribution in [0.3, 0.4) is 0 Å². The molecule has 150 valence electrons. The summed E-state index contributed by atoms with van der Waals surface area (Å²) in [6.45, 7) is 4.70. The lowest BCUT2D eigenvalue weighted by Gasteiger charge is -2.25. The van der Waals surface area contributed by atoms with Gasteiger partial charge in [-0.25, -0.2) is 8.42 Å². The fourth-order valence-corrected chi connectivity index (χ4v) is 4.57. The summed E-state index contributed by atoms with van der Waals surface area (Å²) in [4.78, 5) is 12.7. The number of benzene rings is 2. The van der Waals surface area contributed by atoms with Crippen molar-refractivity contribution in [2.75, 3.05) is 24.0 Å². The Morgan fingerprint density at radius 2 is 1.89 bits per heavy atom. The third kappa shape index (κ3) is 4.72. The molecule has 3 rings (SSSR count). The molecule has 0 aromatic heterocycles. The summed E-state index contributed by atoms with van der Waals surface area (Å²) in [5.74, 6) is -0.353. The number of aryl methyl sites for hydroxylation is 2. The Morgan fingerprint density at radius 3 is 2.54 bits per heavy atom. The maximum Gasteiger partial charge on any atom is 0.264 e. The molecule has 28 heavy (non-hydrogen) atoms. The van der Waals surface area contributed by atoms with E-state index in [1.165, 1.54) is 16.4 Å². The van der Waals surface area contributed by atoms with Crippen LogP contribution in [0, 0.1) is 13.8 Å². The Kier molecular flexibility index (Phi) is 6.36. The molecule has 0 saturated carbocycles. The van der Waals surface area contributed by atoms with Gasteiger partial charge in [0.15, 0.2) is 0 Å². The molecule has 0 unspecified atom stereocenters. The van der Waals surface area contributed by atoms with Gasteiger partial charge in [-0.05, 0) is 62.1 Å². The van der Waals surface area contributed by atoms with E-state index in [0.717, 1.165) is 24.0 Å². The van der Waals surface area contributed by atoms with E-state index in [-0.39, 0.29) is 23.5 Å². The molecule has 1 fully saturated rings. The molecule has 1 aliphatic rings. The summed E-state index contributed by atoms with van der Waals surface area (Å²) < 4.78 is 33.2. The molecule has 1 amide bonds. The van der Waals surface area contributed by atoms with E-state index in [2.05, 4.69) is 5.32 Å². The number of nitrogens with zero attached hydrogens (tertiary/aromatic N) is 1. The van der Waals surface area contributed by atoms with Crippen molar-refractivity contribution in [2.24, 2.45) is 0 Å². The predicted octanol–water partition coefficient (Wildman–Crippen LogP) is 2.79. The number of nitrogens with one attached hydrogen (secondary N) is 1. The van der Waals surface area contributed by atoms with Crippen LogP contribution in [0.2, 0.25) is 0 Å². The molecular formula is C21H26N2O4S. The van der Waals surface area contributed by atoms with Crippen molar-refractivity contribution in [3.8, 4) is 0 Å². The number of rotatable bonds is 7. The van der Waals surface area contributed by atoms with E-state index < -0.39 is 10.0 Å². The van der Waals surface area contributed by atoms with Crippen molar-refractivity contribution < 1.29 is 17.9 Å². The number of hydrogen-bond acceptors (Lipinski definition) is 4. The summed E-state index contributed by atoms with van der Waals surface area (Å²) in [5.41, 5.74) is 2.49. The largest absolute Gasteiger partial charge is 0.376 e. The SMILES string of the molecule is Cc1ccc(N(CC(=O)NC[C@H]2CCCO2)S(=O)(=O)c2ccccc2)cc1C. The molecule has 1 saturated heterocycles. The highest BCUT2D eigenvalue weighted by Crippen LogP contribution is 2.25. The van der Waals surface area contributed by atoms with Crippen molar-refractivity contribution >= 4 is 21.6 Å². The fourth-order valence-electron chi connectivity index (χ4n) is 3.13. The molecule has 6 nitrogen and oxygen atoms in total. The van der Waals surface area contributed by atoms with Crippen LogP contribution in [0.15, 0.2) is 53.4 Å². The first-order valence-electron chi connectivity index (χ1n) is 9.41. The molecule has 0 spiro atoms. The second-order valence-electron chi connectivity index (χ2n) is 7.03. The second kappa shape index (κ2) is 8.75. The number of ether oxygens (including phenoxy) is 1. The van der Waals surface area contributed by atoms with Gasteiger partial charge < -0.3 is 10.1 Å². The van der Waals surface area contributed by atoms with Gasteiger partial charge in [0.05, 0.1) is 16.7 Å². The first-order valence-corrected chi connectivity index (χ1v) is 10.9. The third-order valence-electron chi connectivity index (χ3n) is 4.95. The van der Waals surface area contributed by atoms with Crippen LogP contribution in [0.25, 0.3) is 0 Å². The predicted molar refractivity (Wildman–Crippen MR) is 109 cm³/mol. The maximum absolute atomic E-state index is 13.2. The third-order valence-corrected chi connectivity index (χ3v) is 6.74. The second-order valence-corrected chi connectivity index (χ2v) is 8.89. The number of hydrogen-bond donors (Lipinski definition) is 1. The summed E-state index contributed by atoms with van der Waals surface area (Å²) in [6, 6.07) is 13.6. The number of carbonyl (C=O) groups excluding carboxylic acids is 1. The molecule has 1 heterocycles. The smallest absolute Gasteiger partial charge is 0.264 e. The minimum atomic E-state index is -3.87. The van der Waals surface area contributed by atoms with Gasteiger partial charge in [-0.3, -0.25) is 9.10 Å². The lowest BCUT2D eigenvalue weighted by atomic mass is 10.1. The van der Waals surface area contributed by atoms with Crippen molar-refractivity contribution in [1.82, 2.24) is 5.32 Å². The van der Waals surface area contributed by atoms with E-state index in [9.17, 15) is 13.2 Å². The van der Waals surface area contributed by atoms with Crippen LogP contribution in [0.5, 0.6) is 0 Å². The highest BCUT2D eigenvalue weighted by Gasteiger charge is 2.27. The van der Waals surface area contributed by atoms with Crippen LogP contribution in [0.1, 0.15) is 24.0 Å². The van der Waals surface area contributed by atoms with Gasteiger partial charge in [-0.1, -0.05) is 24.3 Å². The lowest BCUT2D eigenvalue weighted by molar-refractivity contribution is -0.120. The quantitative estimate of drug-likeness (QED) is 0.773. The zero-order valence-electron chi connectivity index (χ0n) is 16.2. The number of carbonyl (C=O) groups is 1. The first-order chi connectivity index (χ1) is 13.4. The van der Waals surface area contributed by atoms with Gasteiger partial charge >= 0.3 is 0 Å². The Morgan fingerprint density at radius 1 is 1.14 bits per heavy atom. The topological polar surface area (TPSA) is 75.7 Å². The van der Waals surface area contributed by atoms with E-state index in [0.29, 0.717) is 18.8 Å². The molecule has 2 aromatic rings. The van der Waals surface area contributed by atoms with Gasteiger partial charge in [0.2, 0.25) is 5.91 Å². The molecule has 0 bridgehead atoms. The maximum atomic E-state index is 13.2. The van der Waals surface area contributed by atoms with Crippen LogP contribution >= 0.6 is 0 Å². The Hall–Kier alpha value is -2.38. The normalized spacial score (nSPS) is 16.7. The molecule has 2 aromatic carbocycles. The van der Waals surface area contributed by atoms with Crippen molar-refractivity contribution in [1.29, 1.82) is 0 Å². The van der Waals surface area contributed by atoms with Gasteiger partial charge in [-0.15, -0.1) is 0 Å². The van der Waals surface area contributed by atoms with Crippen LogP contribution in [-0.2, 0) is 19.6 Å². The van der Waals surface area contributed by atoms with Gasteiger partial charge in [-0.2, -0.15) is 0 Å². The Labute approximate surface area is 166 Å². The van der Waals surface area contributed by atoms with Gasteiger partial charge in [0, 0.05) is 13.2 Å². The summed E-state index contributed by atoms with van der Waals surface area (Å²) in [6.07, 6.45) is 1.89. The van der Waals surface area contributed by atoms with E-state index in [1.54, 1.807) is 30.3 Å². The van der Waals surface area contributed by atoms with Crippen LogP contribution in [0.4, 0.5) is 5.69 Å². The van der Waals surface area contributed by atoms with E-state index in [1.807, 2.05) is 19.9 Å². The molecule has 1 aliphatic heterocycles. The standard InChI is InChI=1S/C21H26N2O4S/c1-16-10-11-18(13-17(16)2)23(28(25,26)20-8-4-3-5-9-20)15-21(24)22-14-19-7-6-12-27-19/h3-5,8-11,13,19H,6-7,12,14-15H2,1-2H3,(H,22,24)/t19-/m1/s1. The Balaban J connectivity index is 1.85. The minimum absolute atomic E-state index is 0.00440. The molecule has 1 atom stereocenters. The van der Waals surface area contributed by atoms with Gasteiger partial charge in [0.25, 0.3) is 10.0 Å². The van der Waals surface area contributed by atoms with Crippen LogP contribution < -0.4 is 9.62 Å². The monoisotopic (exact) mass is 402 g/mol. The average molecular weight is 403 g/mol. The van der Waals surface area contributed by atoms with Crippen molar-refractivity contribution in [3.63, 3.8) is 0 Å². The number of sulfonamides is 1. The van der Waals surface area contributed by atoms with Crippen molar-refractivity contribution in [3.05, 3.63) is 59.7 Å². The van der Waals surface area contributed by atoms with E-state index >= 15 is 0 Å². The van der Waals surface area contributed by atoms with Crippen LogP contribution in [-0.4, -0.2) is 40.1 Å². The number of anilines is 1. The highest BCUT2D eigenvalue weighted by molar-refractivity contribution is 7.92. The summed E-state index contributed by atoms with van der Waals surface area (Å²) >= 11 is 0. The molecule has 7 heteroatoms. The molecule has 0 radical (unpaired) electrons. The fraction of sp³-hybridized carbons (Fsp3) is 0.381. The zero-order valence-corrected chi connectivity index (χ0v) is 17.0. The van der Waals surface area contributed by atoms with Crippen molar-refractivity contribution in [2.45, 2.75) is 37.7 Å². The van der Waals surface area contributed by atoms with E-state index in [4.69, 9.17) is 4.74 Å². The molecule has 0 aliphatic carbocycles. The minimum Gasteiger partial charge on any atom is -0.376 e. The summed E-state index contributed by atoms with van der Waals surface area (Å²) in [5, 5.41) is 2.80. The lowest BCUT2D eigenvalue weighted by Crippen LogP contribution is -2.42. The molecular weight excluding hydrogens is 376 g/mol. The first kappa shape index (κ1) is 20.4. The van der Waals surface area contributed by atoms with Gasteiger partial charge in [0.1, 0.15) is 6.54 Å². The number of amides is 1. The summed E-state index contributed by atoms with van der Waals surface area (Å²) in [7, 11) is -3.87. The zero-order chi connectivity index (χ0) is 20.1. The highest BCUT2D eigenvalue weighted by atomic mass is 32.2. The molecule has 1 N–H and O–H groups in total. The Bertz CT molecular complexity index is 923.